The van der Waals surface area contributed by atoms with Crippen LogP contribution in [0.3, 0.4) is 0 Å². The van der Waals surface area contributed by atoms with Crippen LogP contribution >= 0.6 is 11.5 Å². The van der Waals surface area contributed by atoms with Crippen LogP contribution in [0.4, 0.5) is 10.8 Å². The van der Waals surface area contributed by atoms with Crippen LogP contribution in [0.5, 0.6) is 5.88 Å². The van der Waals surface area contributed by atoms with Crippen molar-refractivity contribution in [2.45, 2.75) is 13.5 Å². The molecular formula is C13H16N4O3S. The maximum atomic E-state index is 11.9. The van der Waals surface area contributed by atoms with E-state index in [9.17, 15) is 4.79 Å². The van der Waals surface area contributed by atoms with Gasteiger partial charge >= 0.3 is 5.97 Å². The minimum Gasteiger partial charge on any atom is -0.481 e. The molecule has 0 amide bonds. The second-order valence-corrected chi connectivity index (χ2v) is 4.79. The molecule has 0 saturated carbocycles. The van der Waals surface area contributed by atoms with Crippen molar-refractivity contribution in [2.75, 3.05) is 24.8 Å². The van der Waals surface area contributed by atoms with Crippen molar-refractivity contribution < 1.29 is 14.3 Å². The lowest BCUT2D eigenvalue weighted by atomic mass is 10.2. The van der Waals surface area contributed by atoms with Crippen LogP contribution in [0.1, 0.15) is 22.8 Å². The summed E-state index contributed by atoms with van der Waals surface area (Å²) < 4.78 is 14.1. The first-order valence-corrected chi connectivity index (χ1v) is 7.08. The molecule has 2 aromatic rings. The molecule has 0 radical (unpaired) electrons. The Balaban J connectivity index is 2.15. The third kappa shape index (κ3) is 3.40. The average molecular weight is 308 g/mol. The van der Waals surface area contributed by atoms with E-state index in [2.05, 4.69) is 14.7 Å². The molecule has 0 bridgehead atoms. The summed E-state index contributed by atoms with van der Waals surface area (Å²) in [5.74, 6) is 0.212. The number of nitrogens with two attached hydrogens (primary N) is 1. The van der Waals surface area contributed by atoms with Gasteiger partial charge in [-0.25, -0.2) is 9.78 Å². The van der Waals surface area contributed by atoms with Crippen molar-refractivity contribution in [1.29, 1.82) is 0 Å². The number of nitrogens with one attached hydrogen (secondary N) is 1. The Bertz CT molecular complexity index is 630. The lowest BCUT2D eigenvalue weighted by molar-refractivity contribution is 0.0529. The third-order valence-corrected chi connectivity index (χ3v) is 3.50. The number of nitrogen functional groups attached to an aromatic ring is 1. The zero-order valence-electron chi connectivity index (χ0n) is 11.8. The van der Waals surface area contributed by atoms with Gasteiger partial charge in [-0.05, 0) is 24.5 Å². The molecule has 2 heterocycles. The van der Waals surface area contributed by atoms with E-state index in [1.54, 1.807) is 20.2 Å². The lowest BCUT2D eigenvalue weighted by Gasteiger charge is -2.09. The van der Waals surface area contributed by atoms with Gasteiger partial charge in [-0.15, -0.1) is 0 Å². The standard InChI is InChI=1S/C13H16N4O3S/c1-3-20-13(18)9-10(14)17-21-12(9)16-7-8-5-4-6-15-11(8)19-2/h4-6,16H,3,7H2,1-2H3,(H2,14,17). The molecule has 21 heavy (non-hydrogen) atoms. The van der Waals surface area contributed by atoms with Crippen molar-refractivity contribution in [3.8, 4) is 5.88 Å². The first-order chi connectivity index (χ1) is 10.2. The minimum atomic E-state index is -0.482. The van der Waals surface area contributed by atoms with Crippen LogP contribution in [0.15, 0.2) is 18.3 Å². The van der Waals surface area contributed by atoms with Gasteiger partial charge in [-0.2, -0.15) is 4.37 Å². The molecule has 0 aliphatic carbocycles. The molecule has 0 aliphatic rings. The number of rotatable bonds is 6. The monoisotopic (exact) mass is 308 g/mol. The molecule has 8 heteroatoms. The van der Waals surface area contributed by atoms with Crippen molar-refractivity contribution in [1.82, 2.24) is 9.36 Å². The summed E-state index contributed by atoms with van der Waals surface area (Å²) in [7, 11) is 1.56. The van der Waals surface area contributed by atoms with E-state index < -0.39 is 5.97 Å². The number of hydrogen-bond acceptors (Lipinski definition) is 8. The number of anilines is 2. The largest absolute Gasteiger partial charge is 0.481 e. The topological polar surface area (TPSA) is 99.4 Å². The summed E-state index contributed by atoms with van der Waals surface area (Å²) in [6.45, 7) is 2.45. The molecule has 2 rings (SSSR count). The van der Waals surface area contributed by atoms with Crippen molar-refractivity contribution in [2.24, 2.45) is 0 Å². The predicted octanol–water partition coefficient (Wildman–Crippen LogP) is 1.92. The maximum Gasteiger partial charge on any atom is 0.344 e. The summed E-state index contributed by atoms with van der Waals surface area (Å²) >= 11 is 1.11. The van der Waals surface area contributed by atoms with E-state index in [1.165, 1.54) is 0 Å². The summed E-state index contributed by atoms with van der Waals surface area (Å²) in [4.78, 5) is 16.0. The Morgan fingerprint density at radius 2 is 2.33 bits per heavy atom. The number of methoxy groups -OCH3 is 1. The predicted molar refractivity (Wildman–Crippen MR) is 80.6 cm³/mol. The van der Waals surface area contributed by atoms with Crippen molar-refractivity contribution in [3.05, 3.63) is 29.5 Å². The normalized spacial score (nSPS) is 10.2. The summed E-state index contributed by atoms with van der Waals surface area (Å²) in [6, 6.07) is 3.69. The molecule has 0 atom stereocenters. The first kappa shape index (κ1) is 15.0. The van der Waals surface area contributed by atoms with Gasteiger partial charge in [0.05, 0.1) is 13.7 Å². The van der Waals surface area contributed by atoms with E-state index in [1.807, 2.05) is 12.1 Å². The molecule has 0 unspecified atom stereocenters. The smallest absolute Gasteiger partial charge is 0.344 e. The SMILES string of the molecule is CCOC(=O)c1c(N)nsc1NCc1cccnc1OC. The molecule has 0 spiro atoms. The minimum absolute atomic E-state index is 0.166. The lowest BCUT2D eigenvalue weighted by Crippen LogP contribution is -2.10. The highest BCUT2D eigenvalue weighted by Crippen LogP contribution is 2.28. The highest BCUT2D eigenvalue weighted by Gasteiger charge is 2.20. The van der Waals surface area contributed by atoms with E-state index in [-0.39, 0.29) is 18.0 Å². The van der Waals surface area contributed by atoms with Gasteiger partial charge in [0, 0.05) is 18.3 Å². The maximum absolute atomic E-state index is 11.9. The molecule has 0 aliphatic heterocycles. The van der Waals surface area contributed by atoms with Gasteiger partial charge < -0.3 is 20.5 Å². The van der Waals surface area contributed by atoms with Crippen LogP contribution in [-0.4, -0.2) is 29.0 Å². The molecule has 2 aromatic heterocycles. The Kier molecular flexibility index (Phi) is 4.94. The Hall–Kier alpha value is -2.35. The first-order valence-electron chi connectivity index (χ1n) is 6.31. The summed E-state index contributed by atoms with van der Waals surface area (Å²) in [5, 5.41) is 3.69. The van der Waals surface area contributed by atoms with E-state index in [0.29, 0.717) is 17.4 Å². The molecule has 7 nitrogen and oxygen atoms in total. The van der Waals surface area contributed by atoms with E-state index >= 15 is 0 Å². The number of aromatic nitrogens is 2. The van der Waals surface area contributed by atoms with Crippen LogP contribution in [0.25, 0.3) is 0 Å². The summed E-state index contributed by atoms with van der Waals surface area (Å²) in [5.41, 5.74) is 6.85. The van der Waals surface area contributed by atoms with Crippen LogP contribution < -0.4 is 15.8 Å². The summed E-state index contributed by atoms with van der Waals surface area (Å²) in [6.07, 6.45) is 1.65. The fourth-order valence-electron chi connectivity index (χ4n) is 1.74. The van der Waals surface area contributed by atoms with Gasteiger partial charge in [-0.3, -0.25) is 0 Å². The van der Waals surface area contributed by atoms with Gasteiger partial charge in [0.15, 0.2) is 5.82 Å². The van der Waals surface area contributed by atoms with Crippen molar-refractivity contribution >= 4 is 28.3 Å². The van der Waals surface area contributed by atoms with Crippen LogP contribution in [-0.2, 0) is 11.3 Å². The number of ether oxygens (including phenoxy) is 2. The fourth-order valence-corrected chi connectivity index (χ4v) is 2.44. The zero-order chi connectivity index (χ0) is 15.2. The molecule has 0 saturated heterocycles. The number of esters is 1. The van der Waals surface area contributed by atoms with Gasteiger partial charge in [-0.1, -0.05) is 6.07 Å². The van der Waals surface area contributed by atoms with Gasteiger partial charge in [0.2, 0.25) is 5.88 Å². The molecule has 0 fully saturated rings. The highest BCUT2D eigenvalue weighted by molar-refractivity contribution is 7.11. The molecule has 112 valence electrons. The van der Waals surface area contributed by atoms with Crippen molar-refractivity contribution in [3.63, 3.8) is 0 Å². The Morgan fingerprint density at radius 3 is 3.05 bits per heavy atom. The molecule has 3 N–H and O–H groups in total. The zero-order valence-corrected chi connectivity index (χ0v) is 12.6. The van der Waals surface area contributed by atoms with E-state index in [0.717, 1.165) is 17.1 Å². The molecule has 0 aromatic carbocycles. The number of hydrogen-bond donors (Lipinski definition) is 2. The molecular weight excluding hydrogens is 292 g/mol. The van der Waals surface area contributed by atoms with E-state index in [4.69, 9.17) is 15.2 Å². The number of pyridine rings is 1. The quantitative estimate of drug-likeness (QED) is 0.786. The Morgan fingerprint density at radius 1 is 1.52 bits per heavy atom. The second kappa shape index (κ2) is 6.89. The Labute approximate surface area is 126 Å². The van der Waals surface area contributed by atoms with Crippen LogP contribution in [0.2, 0.25) is 0 Å². The van der Waals surface area contributed by atoms with Crippen LogP contribution in [0, 0.1) is 0 Å². The fraction of sp³-hybridized carbons (Fsp3) is 0.308. The van der Waals surface area contributed by atoms with Gasteiger partial charge in [0.1, 0.15) is 10.6 Å². The highest BCUT2D eigenvalue weighted by atomic mass is 32.1. The average Bonchev–Trinajstić information content (AvgIpc) is 2.86. The van der Waals surface area contributed by atoms with Gasteiger partial charge in [0.25, 0.3) is 0 Å². The third-order valence-electron chi connectivity index (χ3n) is 2.68. The number of carbonyl (C=O) groups excluding carboxylic acids is 1. The number of nitrogens with zero attached hydrogens (tertiary/aromatic N) is 2. The second-order valence-electron chi connectivity index (χ2n) is 4.02. The number of carbonyl (C=O) groups is 1.